The number of amides is 4. The molecule has 17 heteroatoms. The van der Waals surface area contributed by atoms with E-state index in [1.165, 1.54) is 0 Å². The highest BCUT2D eigenvalue weighted by atomic mass is 32.3. The number of hydrogen-bond donors (Lipinski definition) is 2. The Morgan fingerprint density at radius 2 is 1.18 bits per heavy atom. The molecule has 6 atom stereocenters. The molecule has 4 amide bonds. The fourth-order valence-corrected chi connectivity index (χ4v) is 10.4. The summed E-state index contributed by atoms with van der Waals surface area (Å²) in [6.07, 6.45) is 8.83. The maximum atomic E-state index is 13.8. The Morgan fingerprint density at radius 1 is 0.735 bits per heavy atom. The summed E-state index contributed by atoms with van der Waals surface area (Å²) in [5.41, 5.74) is 0.801. The molecule has 2 saturated carbocycles. The first-order valence-corrected chi connectivity index (χ1v) is 19.2. The molecule has 2 aromatic heterocycles. The van der Waals surface area contributed by atoms with Crippen LogP contribution in [0.5, 0.6) is 0 Å². The summed E-state index contributed by atoms with van der Waals surface area (Å²) < 4.78 is 49.7. The van der Waals surface area contributed by atoms with Gasteiger partial charge in [-0.15, -0.1) is 8.57 Å². The zero-order valence-corrected chi connectivity index (χ0v) is 28.1. The summed E-state index contributed by atoms with van der Waals surface area (Å²) in [5.74, 6) is 2.09. The molecule has 8 fully saturated rings. The second-order valence-corrected chi connectivity index (χ2v) is 16.8. The first kappa shape index (κ1) is 30.6. The topological polar surface area (TPSA) is 176 Å². The number of hydrogen-bond acceptors (Lipinski definition) is 12. The van der Waals surface area contributed by atoms with Gasteiger partial charge in [0, 0.05) is 50.1 Å². The van der Waals surface area contributed by atoms with Gasteiger partial charge in [-0.3, -0.25) is 0 Å². The van der Waals surface area contributed by atoms with E-state index in [1.54, 1.807) is 9.80 Å². The van der Waals surface area contributed by atoms with Crippen LogP contribution in [0.15, 0.2) is 21.2 Å². The van der Waals surface area contributed by atoms with Crippen molar-refractivity contribution in [2.75, 3.05) is 39.3 Å². The molecule has 4 bridgehead atoms. The Labute approximate surface area is 284 Å². The van der Waals surface area contributed by atoms with Crippen LogP contribution in [0, 0.1) is 10.8 Å². The van der Waals surface area contributed by atoms with Gasteiger partial charge in [0.25, 0.3) is 0 Å². The van der Waals surface area contributed by atoms with Crippen molar-refractivity contribution < 1.29 is 35.6 Å². The number of nitrogens with zero attached hydrogens (tertiary/aromatic N) is 6. The van der Waals surface area contributed by atoms with Crippen molar-refractivity contribution in [1.82, 2.24) is 40.9 Å². The van der Waals surface area contributed by atoms with Crippen LogP contribution in [0.4, 0.5) is 9.59 Å². The van der Waals surface area contributed by atoms with E-state index in [1.807, 2.05) is 12.1 Å². The molecule has 0 aromatic carbocycles. The van der Waals surface area contributed by atoms with Gasteiger partial charge in [0.15, 0.2) is 0 Å². The second kappa shape index (κ2) is 10.9. The van der Waals surface area contributed by atoms with Crippen molar-refractivity contribution in [3.63, 3.8) is 0 Å². The van der Waals surface area contributed by atoms with Gasteiger partial charge in [-0.2, -0.15) is 18.5 Å². The standard InChI is InChI=1S/C32H42N8O8S/c41-29-37-17-27(31(5-6-31)13-23(37)21-11-25(45-35-21)19-3-1-9-33-15-19)39(29)47-49(43,44)48-40-28-18-38(30(40)42)24(14-32(28)7-8-32)22-12-26(46-36-22)20-4-2-10-34-16-20/h11-12,19-20,23-24,27-28,33-34H,1-10,13-18H2/t19?,20?,23-,24-,27-,28-/m0/s1. The normalized spacial score (nSPS) is 34.4. The van der Waals surface area contributed by atoms with Crippen LogP contribution in [0.3, 0.4) is 0 Å². The van der Waals surface area contributed by atoms with Crippen molar-refractivity contribution in [3.8, 4) is 0 Å². The lowest BCUT2D eigenvalue weighted by molar-refractivity contribution is -0.101. The lowest BCUT2D eigenvalue weighted by Crippen LogP contribution is -2.45. The monoisotopic (exact) mass is 698 g/mol. The van der Waals surface area contributed by atoms with Gasteiger partial charge < -0.3 is 29.5 Å². The van der Waals surface area contributed by atoms with E-state index in [4.69, 9.17) is 17.6 Å². The van der Waals surface area contributed by atoms with Gasteiger partial charge in [0.1, 0.15) is 22.9 Å². The van der Waals surface area contributed by atoms with E-state index in [0.717, 1.165) is 99.2 Å². The fraction of sp³-hybridized carbons (Fsp3) is 0.750. The molecule has 10 rings (SSSR count). The second-order valence-electron chi connectivity index (χ2n) is 15.7. The minimum absolute atomic E-state index is 0.235. The number of rotatable bonds is 8. The highest BCUT2D eigenvalue weighted by Gasteiger charge is 2.66. The Hall–Kier alpha value is -3.25. The molecule has 2 unspecified atom stereocenters. The zero-order valence-electron chi connectivity index (χ0n) is 27.3. The van der Waals surface area contributed by atoms with Crippen LogP contribution < -0.4 is 10.6 Å². The zero-order chi connectivity index (χ0) is 33.1. The molecule has 6 saturated heterocycles. The predicted molar refractivity (Wildman–Crippen MR) is 167 cm³/mol. The van der Waals surface area contributed by atoms with Crippen LogP contribution in [0.1, 0.15) is 111 Å². The maximum Gasteiger partial charge on any atom is 0.442 e. The minimum Gasteiger partial charge on any atom is -0.361 e. The third kappa shape index (κ3) is 4.93. The third-order valence-corrected chi connectivity index (χ3v) is 13.5. The van der Waals surface area contributed by atoms with Crippen LogP contribution in [-0.4, -0.2) is 102 Å². The Morgan fingerprint density at radius 3 is 1.57 bits per heavy atom. The SMILES string of the molecule is O=C1N2C[C@H](N1OS(=O)(=O)ON1C(=O)N3C[C@H]1C1(CC1)C[C@H]3c1cc(C3CCCNC3)on1)C1(CC1)C[C@H]2c1cc(C2CCCNC2)on1. The largest absolute Gasteiger partial charge is 0.442 e. The lowest BCUT2D eigenvalue weighted by atomic mass is 9.84. The molecule has 16 nitrogen and oxygen atoms in total. The Bertz CT molecular complexity index is 1640. The van der Waals surface area contributed by atoms with Crippen LogP contribution in [-0.2, 0) is 19.0 Å². The average Bonchev–Trinajstić information content (AvgIpc) is 3.80. The minimum atomic E-state index is -4.85. The molecule has 2 spiro atoms. The molecule has 6 aliphatic heterocycles. The maximum absolute atomic E-state index is 13.8. The molecule has 8 heterocycles. The number of carbonyl (C=O) groups excluding carboxylic acids is 2. The Balaban J connectivity index is 0.854. The lowest BCUT2D eigenvalue weighted by Gasteiger charge is -2.36. The molecule has 2 aliphatic carbocycles. The van der Waals surface area contributed by atoms with E-state index in [2.05, 4.69) is 20.9 Å². The van der Waals surface area contributed by atoms with Crippen molar-refractivity contribution in [2.45, 2.75) is 100 Å². The van der Waals surface area contributed by atoms with Crippen LogP contribution in [0.25, 0.3) is 0 Å². The molecule has 0 radical (unpaired) electrons. The summed E-state index contributed by atoms with van der Waals surface area (Å²) in [5, 5.41) is 17.5. The number of piperidine rings is 4. The molecular formula is C32H42N8O8S. The van der Waals surface area contributed by atoms with Crippen molar-refractivity contribution in [1.29, 1.82) is 0 Å². The average molecular weight is 699 g/mol. The van der Waals surface area contributed by atoms with Crippen molar-refractivity contribution in [2.24, 2.45) is 10.8 Å². The first-order valence-electron chi connectivity index (χ1n) is 17.9. The predicted octanol–water partition coefficient (Wildman–Crippen LogP) is 3.07. The number of urea groups is 2. The first-order chi connectivity index (χ1) is 23.7. The van der Waals surface area contributed by atoms with E-state index in [9.17, 15) is 18.0 Å². The number of fused-ring (bicyclic) bond motifs is 6. The Kier molecular flexibility index (Phi) is 6.78. The third-order valence-electron chi connectivity index (χ3n) is 12.8. The smallest absolute Gasteiger partial charge is 0.361 e. The van der Waals surface area contributed by atoms with Gasteiger partial charge in [0.2, 0.25) is 0 Å². The van der Waals surface area contributed by atoms with Crippen molar-refractivity contribution in [3.05, 3.63) is 35.0 Å². The van der Waals surface area contributed by atoms with Gasteiger partial charge in [-0.25, -0.2) is 9.59 Å². The van der Waals surface area contributed by atoms with E-state index < -0.39 is 34.5 Å². The summed E-state index contributed by atoms with van der Waals surface area (Å²) in [4.78, 5) is 30.9. The molecular weight excluding hydrogens is 656 g/mol. The van der Waals surface area contributed by atoms with Crippen molar-refractivity contribution >= 4 is 22.5 Å². The van der Waals surface area contributed by atoms with Gasteiger partial charge in [-0.05, 0) is 88.1 Å². The quantitative estimate of drug-likeness (QED) is 0.413. The highest BCUT2D eigenvalue weighted by molar-refractivity contribution is 7.81. The summed E-state index contributed by atoms with van der Waals surface area (Å²) >= 11 is 0. The van der Waals surface area contributed by atoms with Crippen LogP contribution in [0.2, 0.25) is 0 Å². The summed E-state index contributed by atoms with van der Waals surface area (Å²) in [6, 6.07) is 1.19. The van der Waals surface area contributed by atoms with E-state index >= 15 is 0 Å². The summed E-state index contributed by atoms with van der Waals surface area (Å²) in [6.45, 7) is 4.26. The number of hydroxylamine groups is 4. The van der Waals surface area contributed by atoms with Gasteiger partial charge in [-0.1, -0.05) is 10.3 Å². The molecule has 8 aliphatic rings. The number of aromatic nitrogens is 2. The number of carbonyl (C=O) groups is 2. The number of nitrogens with one attached hydrogen (secondary N) is 2. The highest BCUT2D eigenvalue weighted by Crippen LogP contribution is 2.63. The molecule has 2 N–H and O–H groups in total. The molecule has 49 heavy (non-hydrogen) atoms. The molecule has 264 valence electrons. The fourth-order valence-electron chi connectivity index (χ4n) is 9.66. The van der Waals surface area contributed by atoms with Gasteiger partial charge in [0.05, 0.1) is 24.2 Å². The van der Waals surface area contributed by atoms with E-state index in [-0.39, 0.29) is 34.7 Å². The van der Waals surface area contributed by atoms with Gasteiger partial charge >= 0.3 is 22.5 Å². The summed E-state index contributed by atoms with van der Waals surface area (Å²) in [7, 11) is -4.85. The van der Waals surface area contributed by atoms with Crippen LogP contribution >= 0.6 is 0 Å². The van der Waals surface area contributed by atoms with E-state index in [0.29, 0.717) is 37.3 Å². The molecule has 2 aromatic rings.